The Morgan fingerprint density at radius 3 is 2.35 bits per heavy atom. The maximum atomic E-state index is 12.7. The van der Waals surface area contributed by atoms with Crippen LogP contribution in [0.25, 0.3) is 0 Å². The summed E-state index contributed by atoms with van der Waals surface area (Å²) in [7, 11) is -3.89. The van der Waals surface area contributed by atoms with Crippen molar-refractivity contribution in [3.63, 3.8) is 0 Å². The fourth-order valence-electron chi connectivity index (χ4n) is 3.50. The minimum atomic E-state index is -3.89. The van der Waals surface area contributed by atoms with Crippen molar-refractivity contribution in [3.8, 4) is 11.5 Å². The first-order valence-corrected chi connectivity index (χ1v) is 12.1. The molecule has 1 saturated heterocycles. The minimum absolute atomic E-state index is 0.0155. The first kappa shape index (κ1) is 23.4. The summed E-state index contributed by atoms with van der Waals surface area (Å²) in [6.45, 7) is 3.69. The van der Waals surface area contributed by atoms with E-state index >= 15 is 0 Å². The molecule has 1 atom stereocenters. The maximum absolute atomic E-state index is 12.7. The van der Waals surface area contributed by atoms with Gasteiger partial charge in [-0.15, -0.1) is 0 Å². The molecule has 0 radical (unpaired) electrons. The number of imide groups is 1. The van der Waals surface area contributed by atoms with Gasteiger partial charge in [-0.2, -0.15) is 0 Å². The number of fused-ring (bicyclic) bond motifs is 1. The highest BCUT2D eigenvalue weighted by atomic mass is 32.2. The number of hydrogen-bond donors (Lipinski definition) is 3. The smallest absolute Gasteiger partial charge is 0.325 e. The average molecular weight is 489 g/mol. The number of carbonyl (C=O) groups excluding carboxylic acids is 3. The van der Waals surface area contributed by atoms with Crippen molar-refractivity contribution in [2.45, 2.75) is 30.7 Å². The highest BCUT2D eigenvalue weighted by molar-refractivity contribution is 7.92. The lowest BCUT2D eigenvalue weighted by molar-refractivity contribution is -0.133. The van der Waals surface area contributed by atoms with E-state index in [0.29, 0.717) is 36.8 Å². The molecular weight excluding hydrogens is 464 g/mol. The van der Waals surface area contributed by atoms with Gasteiger partial charge < -0.3 is 20.1 Å². The Labute approximate surface area is 196 Å². The SMILES string of the molecule is CCC1(C)NC(=O)N(CC(=O)Nc2ccc(NS(=O)(=O)c3ccc4c(c3)OCCO4)cc2)C1=O. The van der Waals surface area contributed by atoms with Gasteiger partial charge in [0.25, 0.3) is 15.9 Å². The standard InChI is InChI=1S/C22H24N4O7S/c1-3-22(2)20(28)26(21(29)24-22)13-19(27)23-14-4-6-15(7-5-14)25-34(30,31)16-8-9-17-18(12-16)33-11-10-32-17/h4-9,12,25H,3,10-11,13H2,1-2H3,(H,23,27)(H,24,29). The van der Waals surface area contributed by atoms with E-state index in [4.69, 9.17) is 9.47 Å². The molecule has 2 aliphatic heterocycles. The number of benzene rings is 2. The average Bonchev–Trinajstić information content (AvgIpc) is 3.03. The third kappa shape index (κ3) is 4.62. The Morgan fingerprint density at radius 2 is 1.71 bits per heavy atom. The van der Waals surface area contributed by atoms with Crippen molar-refractivity contribution in [1.29, 1.82) is 0 Å². The lowest BCUT2D eigenvalue weighted by atomic mass is 9.99. The highest BCUT2D eigenvalue weighted by Gasteiger charge is 2.46. The molecule has 4 amide bonds. The number of amides is 4. The first-order chi connectivity index (χ1) is 16.1. The molecule has 0 spiro atoms. The van der Waals surface area contributed by atoms with E-state index < -0.39 is 40.0 Å². The topological polar surface area (TPSA) is 143 Å². The van der Waals surface area contributed by atoms with Gasteiger partial charge in [0.1, 0.15) is 25.3 Å². The molecule has 3 N–H and O–H groups in total. The first-order valence-electron chi connectivity index (χ1n) is 10.6. The summed E-state index contributed by atoms with van der Waals surface area (Å²) in [5.74, 6) is -0.179. The van der Waals surface area contributed by atoms with Crippen molar-refractivity contribution in [1.82, 2.24) is 10.2 Å². The number of ether oxygens (including phenoxy) is 2. The van der Waals surface area contributed by atoms with Gasteiger partial charge in [0.15, 0.2) is 11.5 Å². The van der Waals surface area contributed by atoms with E-state index in [9.17, 15) is 22.8 Å². The Balaban J connectivity index is 1.38. The zero-order valence-electron chi connectivity index (χ0n) is 18.6. The zero-order chi connectivity index (χ0) is 24.5. The molecule has 34 heavy (non-hydrogen) atoms. The molecule has 2 heterocycles. The van der Waals surface area contributed by atoms with Crippen LogP contribution in [0, 0.1) is 0 Å². The molecular formula is C22H24N4O7S. The zero-order valence-corrected chi connectivity index (χ0v) is 19.4. The quantitative estimate of drug-likeness (QED) is 0.505. The third-order valence-corrected chi connectivity index (χ3v) is 6.98. The number of sulfonamides is 1. The third-order valence-electron chi connectivity index (χ3n) is 5.60. The van der Waals surface area contributed by atoms with Crippen LogP contribution in [0.2, 0.25) is 0 Å². The normalized spacial score (nSPS) is 19.5. The Morgan fingerprint density at radius 1 is 1.06 bits per heavy atom. The number of nitrogens with one attached hydrogen (secondary N) is 3. The van der Waals surface area contributed by atoms with Crippen LogP contribution < -0.4 is 24.8 Å². The number of rotatable bonds is 7. The summed E-state index contributed by atoms with van der Waals surface area (Å²) in [5, 5.41) is 5.18. The molecule has 0 aliphatic carbocycles. The lowest BCUT2D eigenvalue weighted by Gasteiger charge is -2.19. The van der Waals surface area contributed by atoms with Gasteiger partial charge in [0.2, 0.25) is 5.91 Å². The molecule has 2 aromatic carbocycles. The summed E-state index contributed by atoms with van der Waals surface area (Å²) >= 11 is 0. The van der Waals surface area contributed by atoms with Gasteiger partial charge in [0, 0.05) is 17.4 Å². The molecule has 1 fully saturated rings. The van der Waals surface area contributed by atoms with Crippen LogP contribution in [0.4, 0.5) is 16.2 Å². The van der Waals surface area contributed by atoms with E-state index in [-0.39, 0.29) is 10.6 Å². The monoisotopic (exact) mass is 488 g/mol. The van der Waals surface area contributed by atoms with Crippen molar-refractivity contribution < 1.29 is 32.3 Å². The van der Waals surface area contributed by atoms with Gasteiger partial charge in [-0.05, 0) is 49.7 Å². The number of hydrogen-bond acceptors (Lipinski definition) is 7. The molecule has 2 aromatic rings. The van der Waals surface area contributed by atoms with Crippen molar-refractivity contribution in [2.24, 2.45) is 0 Å². The second kappa shape index (κ2) is 8.86. The summed E-state index contributed by atoms with van der Waals surface area (Å²) < 4.78 is 38.8. The van der Waals surface area contributed by atoms with Gasteiger partial charge >= 0.3 is 6.03 Å². The van der Waals surface area contributed by atoms with E-state index in [1.807, 2.05) is 0 Å². The fourth-order valence-corrected chi connectivity index (χ4v) is 4.57. The molecule has 2 aliphatic rings. The van der Waals surface area contributed by atoms with Crippen LogP contribution in [-0.2, 0) is 19.6 Å². The van der Waals surface area contributed by atoms with Crippen molar-refractivity contribution in [2.75, 3.05) is 29.8 Å². The number of nitrogens with zero attached hydrogens (tertiary/aromatic N) is 1. The van der Waals surface area contributed by atoms with E-state index in [1.54, 1.807) is 13.8 Å². The van der Waals surface area contributed by atoms with Crippen molar-refractivity contribution in [3.05, 3.63) is 42.5 Å². The van der Waals surface area contributed by atoms with Gasteiger partial charge in [-0.1, -0.05) is 6.92 Å². The summed E-state index contributed by atoms with van der Waals surface area (Å²) in [5.41, 5.74) is -0.369. The lowest BCUT2D eigenvalue weighted by Crippen LogP contribution is -2.44. The number of urea groups is 1. The van der Waals surface area contributed by atoms with E-state index in [1.165, 1.54) is 42.5 Å². The molecule has 180 valence electrons. The number of carbonyl (C=O) groups is 3. The molecule has 1 unspecified atom stereocenters. The maximum Gasteiger partial charge on any atom is 0.325 e. The van der Waals surface area contributed by atoms with Crippen LogP contribution in [-0.4, -0.2) is 56.5 Å². The van der Waals surface area contributed by atoms with E-state index in [2.05, 4.69) is 15.4 Å². The van der Waals surface area contributed by atoms with Gasteiger partial charge in [-0.25, -0.2) is 13.2 Å². The second-order valence-electron chi connectivity index (χ2n) is 8.04. The Bertz CT molecular complexity index is 1250. The van der Waals surface area contributed by atoms with Crippen LogP contribution in [0.15, 0.2) is 47.4 Å². The van der Waals surface area contributed by atoms with Gasteiger partial charge in [0.05, 0.1) is 4.90 Å². The minimum Gasteiger partial charge on any atom is -0.486 e. The highest BCUT2D eigenvalue weighted by Crippen LogP contribution is 2.32. The van der Waals surface area contributed by atoms with Crippen LogP contribution >= 0.6 is 0 Å². The molecule has 0 bridgehead atoms. The predicted molar refractivity (Wildman–Crippen MR) is 122 cm³/mol. The molecule has 12 heteroatoms. The second-order valence-corrected chi connectivity index (χ2v) is 9.73. The molecule has 11 nitrogen and oxygen atoms in total. The summed E-state index contributed by atoms with van der Waals surface area (Å²) in [6, 6.07) is 9.70. The molecule has 4 rings (SSSR count). The van der Waals surface area contributed by atoms with Crippen LogP contribution in [0.5, 0.6) is 11.5 Å². The Kier molecular flexibility index (Phi) is 6.09. The molecule has 0 aromatic heterocycles. The molecule has 0 saturated carbocycles. The number of anilines is 2. The van der Waals surface area contributed by atoms with Crippen molar-refractivity contribution >= 4 is 39.2 Å². The summed E-state index contributed by atoms with van der Waals surface area (Å²) in [6.07, 6.45) is 0.402. The van der Waals surface area contributed by atoms with Gasteiger partial charge in [-0.3, -0.25) is 19.2 Å². The van der Waals surface area contributed by atoms with E-state index in [0.717, 1.165) is 4.90 Å². The fraction of sp³-hybridized carbons (Fsp3) is 0.318. The predicted octanol–water partition coefficient (Wildman–Crippen LogP) is 1.92. The van der Waals surface area contributed by atoms with Crippen LogP contribution in [0.3, 0.4) is 0 Å². The van der Waals surface area contributed by atoms with Crippen LogP contribution in [0.1, 0.15) is 20.3 Å². The largest absolute Gasteiger partial charge is 0.486 e. The Hall–Kier alpha value is -3.80. The summed E-state index contributed by atoms with van der Waals surface area (Å²) in [4.78, 5) is 37.7.